The normalized spacial score (nSPS) is 10.7. The van der Waals surface area contributed by atoms with Gasteiger partial charge in [-0.3, -0.25) is 0 Å². The second-order valence-corrected chi connectivity index (χ2v) is 3.24. The van der Waals surface area contributed by atoms with Crippen LogP contribution < -0.4 is 0 Å². The summed E-state index contributed by atoms with van der Waals surface area (Å²) in [6.07, 6.45) is 6.39. The van der Waals surface area contributed by atoms with Crippen LogP contribution in [0.25, 0.3) is 11.5 Å². The first-order valence-corrected chi connectivity index (χ1v) is 4.67. The van der Waals surface area contributed by atoms with Crippen LogP contribution in [0.3, 0.4) is 0 Å². The first kappa shape index (κ1) is 8.93. The van der Waals surface area contributed by atoms with E-state index >= 15 is 0 Å². The summed E-state index contributed by atoms with van der Waals surface area (Å²) in [6.45, 7) is 3.07. The van der Waals surface area contributed by atoms with Gasteiger partial charge in [0, 0.05) is 13.6 Å². The molecule has 74 valence electrons. The van der Waals surface area contributed by atoms with Crippen LogP contribution in [-0.2, 0) is 13.6 Å². The average molecular weight is 191 g/mol. The van der Waals surface area contributed by atoms with Crippen molar-refractivity contribution in [3.63, 3.8) is 0 Å². The second-order valence-electron chi connectivity index (χ2n) is 3.24. The number of imidazole rings is 1. The minimum atomic E-state index is 0.881. The van der Waals surface area contributed by atoms with Crippen LogP contribution in [0.4, 0.5) is 0 Å². The maximum atomic E-state index is 4.09. The van der Waals surface area contributed by atoms with E-state index in [-0.39, 0.29) is 0 Å². The van der Waals surface area contributed by atoms with Crippen LogP contribution in [0, 0.1) is 0 Å². The van der Waals surface area contributed by atoms with E-state index < -0.39 is 0 Å². The summed E-state index contributed by atoms with van der Waals surface area (Å²) in [4.78, 5) is 4.06. The van der Waals surface area contributed by atoms with Crippen molar-refractivity contribution in [1.82, 2.24) is 24.3 Å². The van der Waals surface area contributed by atoms with E-state index in [4.69, 9.17) is 0 Å². The molecule has 0 spiro atoms. The molecule has 0 saturated heterocycles. The fraction of sp³-hybridized carbons (Fsp3) is 0.444. The molecule has 0 N–H and O–H groups in total. The maximum Gasteiger partial charge on any atom is 0.182 e. The second kappa shape index (κ2) is 3.61. The molecule has 2 rings (SSSR count). The number of rotatable bonds is 3. The van der Waals surface area contributed by atoms with E-state index in [1.54, 1.807) is 18.9 Å². The van der Waals surface area contributed by atoms with Gasteiger partial charge in [0.25, 0.3) is 0 Å². The van der Waals surface area contributed by atoms with E-state index in [0.29, 0.717) is 0 Å². The fourth-order valence-electron chi connectivity index (χ4n) is 1.43. The molecule has 0 fully saturated rings. The predicted molar refractivity (Wildman–Crippen MR) is 52.5 cm³/mol. The minimum absolute atomic E-state index is 0.881. The molecular formula is C9H13N5. The molecule has 14 heavy (non-hydrogen) atoms. The summed E-state index contributed by atoms with van der Waals surface area (Å²) in [7, 11) is 1.95. The largest absolute Gasteiger partial charge is 0.331 e. The highest BCUT2D eigenvalue weighted by atomic mass is 15.3. The van der Waals surface area contributed by atoms with Gasteiger partial charge in [0.1, 0.15) is 12.0 Å². The summed E-state index contributed by atoms with van der Waals surface area (Å²) in [5.41, 5.74) is 0.996. The Morgan fingerprint density at radius 2 is 2.21 bits per heavy atom. The van der Waals surface area contributed by atoms with E-state index in [0.717, 1.165) is 24.5 Å². The van der Waals surface area contributed by atoms with Crippen LogP contribution in [0.1, 0.15) is 13.3 Å². The van der Waals surface area contributed by atoms with Crippen molar-refractivity contribution in [1.29, 1.82) is 0 Å². The molecule has 0 aliphatic heterocycles. The van der Waals surface area contributed by atoms with Crippen molar-refractivity contribution < 1.29 is 0 Å². The van der Waals surface area contributed by atoms with Crippen molar-refractivity contribution in [3.8, 4) is 11.5 Å². The van der Waals surface area contributed by atoms with Crippen molar-refractivity contribution >= 4 is 0 Å². The lowest BCUT2D eigenvalue weighted by molar-refractivity contribution is 0.678. The van der Waals surface area contributed by atoms with Crippen molar-refractivity contribution in [2.75, 3.05) is 0 Å². The Morgan fingerprint density at radius 1 is 1.36 bits per heavy atom. The van der Waals surface area contributed by atoms with Gasteiger partial charge < -0.3 is 9.13 Å². The van der Waals surface area contributed by atoms with Crippen LogP contribution in [0.5, 0.6) is 0 Å². The molecule has 5 nitrogen and oxygen atoms in total. The van der Waals surface area contributed by atoms with Gasteiger partial charge in [-0.05, 0) is 6.42 Å². The molecule has 0 bridgehead atoms. The number of hydrogen-bond acceptors (Lipinski definition) is 3. The molecule has 5 heteroatoms. The summed E-state index contributed by atoms with van der Waals surface area (Å²) >= 11 is 0. The zero-order chi connectivity index (χ0) is 9.97. The molecule has 0 aliphatic rings. The van der Waals surface area contributed by atoms with Crippen LogP contribution in [-0.4, -0.2) is 24.3 Å². The van der Waals surface area contributed by atoms with Gasteiger partial charge in [0.15, 0.2) is 5.82 Å². The van der Waals surface area contributed by atoms with Gasteiger partial charge in [0.05, 0.1) is 12.5 Å². The third-order valence-corrected chi connectivity index (χ3v) is 2.13. The van der Waals surface area contributed by atoms with E-state index in [2.05, 4.69) is 22.1 Å². The Morgan fingerprint density at radius 3 is 2.86 bits per heavy atom. The molecule has 0 aliphatic carbocycles. The van der Waals surface area contributed by atoms with Crippen molar-refractivity contribution in [2.24, 2.45) is 7.05 Å². The van der Waals surface area contributed by atoms with Gasteiger partial charge >= 0.3 is 0 Å². The van der Waals surface area contributed by atoms with Gasteiger partial charge in [-0.25, -0.2) is 4.98 Å². The van der Waals surface area contributed by atoms with Crippen LogP contribution in [0.15, 0.2) is 18.9 Å². The van der Waals surface area contributed by atoms with Gasteiger partial charge in [-0.1, -0.05) is 6.92 Å². The lowest BCUT2D eigenvalue weighted by Gasteiger charge is -2.04. The molecule has 0 atom stereocenters. The molecule has 2 aromatic rings. The standard InChI is InChI=1S/C9H13N5/c1-3-4-14-7-11-12-9(14)8-5-10-6-13(8)2/h5-7H,3-4H2,1-2H3. The molecule has 2 aromatic heterocycles. The summed E-state index contributed by atoms with van der Waals surface area (Å²) in [6, 6.07) is 0. The SMILES string of the molecule is CCCn1cnnc1-c1cncn1C. The molecule has 0 unspecified atom stereocenters. The zero-order valence-corrected chi connectivity index (χ0v) is 8.38. The Kier molecular flexibility index (Phi) is 2.30. The topological polar surface area (TPSA) is 48.5 Å². The van der Waals surface area contributed by atoms with Crippen LogP contribution >= 0.6 is 0 Å². The molecule has 0 aromatic carbocycles. The highest BCUT2D eigenvalue weighted by Gasteiger charge is 2.09. The van der Waals surface area contributed by atoms with Crippen molar-refractivity contribution in [2.45, 2.75) is 19.9 Å². The van der Waals surface area contributed by atoms with Crippen molar-refractivity contribution in [3.05, 3.63) is 18.9 Å². The maximum absolute atomic E-state index is 4.09. The summed E-state index contributed by atoms with van der Waals surface area (Å²) in [5.74, 6) is 0.881. The van der Waals surface area contributed by atoms with E-state index in [9.17, 15) is 0 Å². The first-order valence-electron chi connectivity index (χ1n) is 4.67. The molecular weight excluding hydrogens is 178 g/mol. The van der Waals surface area contributed by atoms with E-state index in [1.165, 1.54) is 0 Å². The van der Waals surface area contributed by atoms with E-state index in [1.807, 2.05) is 16.2 Å². The Hall–Kier alpha value is -1.65. The third-order valence-electron chi connectivity index (χ3n) is 2.13. The highest BCUT2D eigenvalue weighted by molar-refractivity contribution is 5.48. The monoisotopic (exact) mass is 191 g/mol. The number of aromatic nitrogens is 5. The van der Waals surface area contributed by atoms with Gasteiger partial charge in [-0.2, -0.15) is 0 Å². The summed E-state index contributed by atoms with van der Waals surface area (Å²) < 4.78 is 3.98. The molecule has 0 radical (unpaired) electrons. The first-order chi connectivity index (χ1) is 6.83. The Balaban J connectivity index is 2.41. The predicted octanol–water partition coefficient (Wildman–Crippen LogP) is 1.09. The smallest absolute Gasteiger partial charge is 0.182 e. The molecule has 0 saturated carbocycles. The quantitative estimate of drug-likeness (QED) is 0.729. The van der Waals surface area contributed by atoms with Crippen LogP contribution in [0.2, 0.25) is 0 Å². The Labute approximate surface area is 82.4 Å². The molecule has 0 amide bonds. The number of hydrogen-bond donors (Lipinski definition) is 0. The average Bonchev–Trinajstić information content (AvgIpc) is 2.74. The number of aryl methyl sites for hydroxylation is 2. The summed E-state index contributed by atoms with van der Waals surface area (Å²) in [5, 5.41) is 8.00. The fourth-order valence-corrected chi connectivity index (χ4v) is 1.43. The molecule has 2 heterocycles. The van der Waals surface area contributed by atoms with Gasteiger partial charge in [0.2, 0.25) is 0 Å². The van der Waals surface area contributed by atoms with Gasteiger partial charge in [-0.15, -0.1) is 10.2 Å². The lowest BCUT2D eigenvalue weighted by atomic mass is 10.4. The minimum Gasteiger partial charge on any atom is -0.331 e. The number of nitrogens with zero attached hydrogens (tertiary/aromatic N) is 5. The Bertz CT molecular complexity index is 414. The zero-order valence-electron chi connectivity index (χ0n) is 8.38. The third kappa shape index (κ3) is 1.41. The highest BCUT2D eigenvalue weighted by Crippen LogP contribution is 2.14. The lowest BCUT2D eigenvalue weighted by Crippen LogP contribution is -2.01.